The van der Waals surface area contributed by atoms with Crippen LogP contribution in [-0.4, -0.2) is 30.5 Å². The van der Waals surface area contributed by atoms with Gasteiger partial charge < -0.3 is 10.6 Å². The summed E-state index contributed by atoms with van der Waals surface area (Å²) in [5.41, 5.74) is 2.62. The average Bonchev–Trinajstić information content (AvgIpc) is 2.71. The van der Waals surface area contributed by atoms with Gasteiger partial charge in [0.25, 0.3) is 0 Å². The maximum Gasteiger partial charge on any atom is 0.309 e. The first-order chi connectivity index (χ1) is 12.7. The van der Waals surface area contributed by atoms with Crippen molar-refractivity contribution in [1.82, 2.24) is 10.3 Å². The molecule has 2 heterocycles. The van der Waals surface area contributed by atoms with Gasteiger partial charge >= 0.3 is 5.91 Å². The Kier molecular flexibility index (Phi) is 6.22. The lowest BCUT2D eigenvalue weighted by molar-refractivity contribution is -0.113. The Bertz CT molecular complexity index is 798. The van der Waals surface area contributed by atoms with Gasteiger partial charge in [-0.3, -0.25) is 4.79 Å². The van der Waals surface area contributed by atoms with E-state index in [0.717, 1.165) is 48.3 Å². The molecule has 1 fully saturated rings. The number of hydrogen-bond acceptors (Lipinski definition) is 5. The third-order valence-corrected chi connectivity index (χ3v) is 4.47. The Morgan fingerprint density at radius 2 is 2.04 bits per heavy atom. The zero-order valence-corrected chi connectivity index (χ0v) is 14.5. The number of nitroso groups, excluding NO2 is 1. The Labute approximate surface area is 152 Å². The SMILES string of the molecule is O=NC(=O)/C=C/c1cccc(-c2cccc(NCC3CCNCC3)n2)c1. The summed E-state index contributed by atoms with van der Waals surface area (Å²) in [6.45, 7) is 3.10. The van der Waals surface area contributed by atoms with Gasteiger partial charge in [0.05, 0.1) is 5.69 Å². The quantitative estimate of drug-likeness (QED) is 0.616. The molecule has 0 aliphatic carbocycles. The average molecular weight is 350 g/mol. The van der Waals surface area contributed by atoms with Crippen molar-refractivity contribution in [2.45, 2.75) is 12.8 Å². The topological polar surface area (TPSA) is 83.5 Å². The molecule has 0 spiro atoms. The number of amides is 1. The van der Waals surface area contributed by atoms with Crippen LogP contribution in [0.25, 0.3) is 17.3 Å². The predicted molar refractivity (Wildman–Crippen MR) is 104 cm³/mol. The van der Waals surface area contributed by atoms with Crippen LogP contribution in [0.5, 0.6) is 0 Å². The van der Waals surface area contributed by atoms with Crippen LogP contribution in [-0.2, 0) is 4.79 Å². The molecule has 0 radical (unpaired) electrons. The Hall–Kier alpha value is -2.86. The molecule has 0 unspecified atom stereocenters. The van der Waals surface area contributed by atoms with Gasteiger partial charge in [-0.2, -0.15) is 0 Å². The lowest BCUT2D eigenvalue weighted by Crippen LogP contribution is -2.31. The molecule has 1 aromatic heterocycles. The number of nitrogens with zero attached hydrogens (tertiary/aromatic N) is 2. The van der Waals surface area contributed by atoms with Crippen LogP contribution in [0.3, 0.4) is 0 Å². The lowest BCUT2D eigenvalue weighted by atomic mass is 9.98. The molecular formula is C20H22N4O2. The summed E-state index contributed by atoms with van der Waals surface area (Å²) in [4.78, 5) is 25.8. The summed E-state index contributed by atoms with van der Waals surface area (Å²) >= 11 is 0. The molecule has 0 saturated carbocycles. The van der Waals surface area contributed by atoms with Gasteiger partial charge in [-0.25, -0.2) is 4.98 Å². The summed E-state index contributed by atoms with van der Waals surface area (Å²) in [6.07, 6.45) is 5.12. The van der Waals surface area contributed by atoms with Gasteiger partial charge in [-0.1, -0.05) is 24.3 Å². The molecule has 1 aliphatic rings. The zero-order chi connectivity index (χ0) is 18.2. The lowest BCUT2D eigenvalue weighted by Gasteiger charge is -2.23. The molecule has 134 valence electrons. The number of rotatable bonds is 6. The minimum absolute atomic E-state index is 0.680. The molecule has 1 aliphatic heterocycles. The molecule has 0 atom stereocenters. The Morgan fingerprint density at radius 1 is 1.23 bits per heavy atom. The van der Waals surface area contributed by atoms with E-state index < -0.39 is 5.91 Å². The molecule has 6 heteroatoms. The molecule has 26 heavy (non-hydrogen) atoms. The first-order valence-corrected chi connectivity index (χ1v) is 8.82. The van der Waals surface area contributed by atoms with Gasteiger partial charge in [0.2, 0.25) is 0 Å². The largest absolute Gasteiger partial charge is 0.370 e. The second-order valence-corrected chi connectivity index (χ2v) is 6.37. The van der Waals surface area contributed by atoms with Gasteiger partial charge in [-0.05, 0) is 61.7 Å². The van der Waals surface area contributed by atoms with E-state index in [1.165, 1.54) is 12.8 Å². The van der Waals surface area contributed by atoms with Crippen molar-refractivity contribution >= 4 is 17.8 Å². The summed E-state index contributed by atoms with van der Waals surface area (Å²) in [7, 11) is 0. The van der Waals surface area contributed by atoms with Crippen LogP contribution in [0.4, 0.5) is 5.82 Å². The third kappa shape index (κ3) is 5.07. The maximum atomic E-state index is 11.0. The highest BCUT2D eigenvalue weighted by Gasteiger charge is 2.12. The van der Waals surface area contributed by atoms with E-state index >= 15 is 0 Å². The van der Waals surface area contributed by atoms with Gasteiger partial charge in [0.15, 0.2) is 0 Å². The number of benzene rings is 1. The van der Waals surface area contributed by atoms with E-state index in [4.69, 9.17) is 4.98 Å². The number of anilines is 1. The van der Waals surface area contributed by atoms with Crippen molar-refractivity contribution in [2.24, 2.45) is 11.1 Å². The van der Waals surface area contributed by atoms with Crippen LogP contribution in [0.2, 0.25) is 0 Å². The van der Waals surface area contributed by atoms with Crippen LogP contribution < -0.4 is 10.6 Å². The van der Waals surface area contributed by atoms with Crippen molar-refractivity contribution < 1.29 is 4.79 Å². The highest BCUT2D eigenvalue weighted by Crippen LogP contribution is 2.21. The number of nitrogens with one attached hydrogen (secondary N) is 2. The Balaban J connectivity index is 1.70. The first-order valence-electron chi connectivity index (χ1n) is 8.82. The monoisotopic (exact) mass is 350 g/mol. The summed E-state index contributed by atoms with van der Waals surface area (Å²) < 4.78 is 0. The van der Waals surface area contributed by atoms with E-state index in [2.05, 4.69) is 15.8 Å². The molecule has 1 aromatic carbocycles. The van der Waals surface area contributed by atoms with E-state index in [-0.39, 0.29) is 0 Å². The predicted octanol–water partition coefficient (Wildman–Crippen LogP) is 3.47. The smallest absolute Gasteiger partial charge is 0.309 e. The molecule has 6 nitrogen and oxygen atoms in total. The number of pyridine rings is 1. The third-order valence-electron chi connectivity index (χ3n) is 4.47. The first kappa shape index (κ1) is 17.9. The van der Waals surface area contributed by atoms with E-state index in [9.17, 15) is 9.70 Å². The fraction of sp³-hybridized carbons (Fsp3) is 0.300. The van der Waals surface area contributed by atoms with Gasteiger partial charge in [-0.15, -0.1) is 4.91 Å². The van der Waals surface area contributed by atoms with Gasteiger partial charge in [0, 0.05) is 23.4 Å². The molecule has 2 N–H and O–H groups in total. The van der Waals surface area contributed by atoms with Crippen molar-refractivity contribution in [3.05, 3.63) is 59.0 Å². The minimum Gasteiger partial charge on any atom is -0.370 e. The van der Waals surface area contributed by atoms with E-state index in [0.29, 0.717) is 5.92 Å². The number of carbonyl (C=O) groups excluding carboxylic acids is 1. The highest BCUT2D eigenvalue weighted by molar-refractivity contribution is 5.92. The highest BCUT2D eigenvalue weighted by atomic mass is 16.3. The summed E-state index contributed by atoms with van der Waals surface area (Å²) in [5.74, 6) is 0.749. The maximum absolute atomic E-state index is 11.0. The second-order valence-electron chi connectivity index (χ2n) is 6.37. The molecule has 1 saturated heterocycles. The minimum atomic E-state index is -0.794. The summed E-state index contributed by atoms with van der Waals surface area (Å²) in [6, 6.07) is 13.6. The number of carbonyl (C=O) groups is 1. The number of hydrogen-bond donors (Lipinski definition) is 2. The molecular weight excluding hydrogens is 328 g/mol. The van der Waals surface area contributed by atoms with Gasteiger partial charge in [0.1, 0.15) is 5.82 Å². The molecule has 2 aromatic rings. The number of piperidine rings is 1. The van der Waals surface area contributed by atoms with E-state index in [1.807, 2.05) is 42.5 Å². The standard InChI is InChI=1S/C20H22N4O2/c25-20(24-26)8-7-15-3-1-4-17(13-15)18-5-2-6-19(23-18)22-14-16-9-11-21-12-10-16/h1-8,13,16,21H,9-12,14H2,(H,22,23)/b8-7+. The summed E-state index contributed by atoms with van der Waals surface area (Å²) in [5, 5.41) is 9.17. The Morgan fingerprint density at radius 3 is 2.85 bits per heavy atom. The van der Waals surface area contributed by atoms with Crippen molar-refractivity contribution in [3.63, 3.8) is 0 Å². The van der Waals surface area contributed by atoms with Crippen LogP contribution in [0, 0.1) is 10.8 Å². The second kappa shape index (κ2) is 9.01. The van der Waals surface area contributed by atoms with Crippen molar-refractivity contribution in [1.29, 1.82) is 0 Å². The normalized spacial score (nSPS) is 15.1. The van der Waals surface area contributed by atoms with Crippen LogP contribution in [0.15, 0.2) is 53.7 Å². The van der Waals surface area contributed by atoms with Crippen LogP contribution in [0.1, 0.15) is 18.4 Å². The van der Waals surface area contributed by atoms with E-state index in [1.54, 1.807) is 6.08 Å². The van der Waals surface area contributed by atoms with Crippen molar-refractivity contribution in [2.75, 3.05) is 25.0 Å². The fourth-order valence-electron chi connectivity index (χ4n) is 3.03. The van der Waals surface area contributed by atoms with Crippen molar-refractivity contribution in [3.8, 4) is 11.3 Å². The van der Waals surface area contributed by atoms with Crippen LogP contribution >= 0.6 is 0 Å². The molecule has 0 bridgehead atoms. The zero-order valence-electron chi connectivity index (χ0n) is 14.5. The molecule has 1 amide bonds. The fourth-order valence-corrected chi connectivity index (χ4v) is 3.03. The number of aromatic nitrogens is 1. The molecule has 3 rings (SSSR count).